The van der Waals surface area contributed by atoms with Crippen LogP contribution in [0, 0.1) is 12.8 Å². The van der Waals surface area contributed by atoms with Crippen molar-refractivity contribution in [3.63, 3.8) is 0 Å². The van der Waals surface area contributed by atoms with E-state index in [9.17, 15) is 18.0 Å². The fraction of sp³-hybridized carbons (Fsp3) is 0.355. The summed E-state index contributed by atoms with van der Waals surface area (Å²) < 4.78 is 28.9. The van der Waals surface area contributed by atoms with E-state index in [0.717, 1.165) is 25.3 Å². The van der Waals surface area contributed by atoms with Crippen LogP contribution in [0.2, 0.25) is 0 Å². The highest BCUT2D eigenvalue weighted by atomic mass is 32.2. The van der Waals surface area contributed by atoms with Gasteiger partial charge in [-0.05, 0) is 41.7 Å². The van der Waals surface area contributed by atoms with E-state index in [1.165, 1.54) is 19.0 Å². The predicted molar refractivity (Wildman–Crippen MR) is 160 cm³/mol. The molecule has 9 heteroatoms. The zero-order valence-electron chi connectivity index (χ0n) is 23.9. The number of hydrogen-bond donors (Lipinski definition) is 1. The van der Waals surface area contributed by atoms with Crippen LogP contribution < -0.4 is 9.62 Å². The molecule has 3 aromatic carbocycles. The van der Waals surface area contributed by atoms with Gasteiger partial charge in [0, 0.05) is 33.6 Å². The summed E-state index contributed by atoms with van der Waals surface area (Å²) >= 11 is 0. The van der Waals surface area contributed by atoms with Crippen molar-refractivity contribution in [2.45, 2.75) is 39.8 Å². The first kappa shape index (κ1) is 30.8. The zero-order chi connectivity index (χ0) is 29.3. The van der Waals surface area contributed by atoms with E-state index in [-0.39, 0.29) is 24.8 Å². The molecule has 0 bridgehead atoms. The Kier molecular flexibility index (Phi) is 10.9. The number of carbonyl (C=O) groups excluding carboxylic acids is 2. The fourth-order valence-corrected chi connectivity index (χ4v) is 5.31. The molecule has 0 aliphatic rings. The largest absolute Gasteiger partial charge is 0.354 e. The van der Waals surface area contributed by atoms with E-state index in [1.807, 2.05) is 75.4 Å². The number of nitrogens with one attached hydrogen (secondary N) is 1. The van der Waals surface area contributed by atoms with Gasteiger partial charge < -0.3 is 10.2 Å². The van der Waals surface area contributed by atoms with E-state index in [1.54, 1.807) is 30.3 Å². The second kappa shape index (κ2) is 14.1. The molecule has 8 nitrogen and oxygen atoms in total. The Labute approximate surface area is 238 Å². The maximum absolute atomic E-state index is 14.2. The lowest BCUT2D eigenvalue weighted by Crippen LogP contribution is -2.54. The third kappa shape index (κ3) is 8.16. The average molecular weight is 565 g/mol. The van der Waals surface area contributed by atoms with E-state index in [4.69, 9.17) is 0 Å². The van der Waals surface area contributed by atoms with Crippen LogP contribution in [0.3, 0.4) is 0 Å². The van der Waals surface area contributed by atoms with Crippen molar-refractivity contribution in [2.75, 3.05) is 31.5 Å². The van der Waals surface area contributed by atoms with E-state index < -0.39 is 28.7 Å². The van der Waals surface area contributed by atoms with E-state index >= 15 is 0 Å². The van der Waals surface area contributed by atoms with Crippen molar-refractivity contribution in [3.8, 4) is 0 Å². The van der Waals surface area contributed by atoms with Crippen LogP contribution in [0.5, 0.6) is 0 Å². The minimum Gasteiger partial charge on any atom is -0.354 e. The number of nitrogens with zero attached hydrogens (tertiary/aromatic N) is 3. The number of benzene rings is 3. The monoisotopic (exact) mass is 564 g/mol. The fourth-order valence-electron chi connectivity index (χ4n) is 4.26. The molecule has 2 amide bonds. The summed E-state index contributed by atoms with van der Waals surface area (Å²) in [4.78, 5) is 29.4. The molecule has 0 fully saturated rings. The van der Waals surface area contributed by atoms with Gasteiger partial charge in [-0.3, -0.25) is 9.59 Å². The molecule has 3 aromatic rings. The predicted octanol–water partition coefficient (Wildman–Crippen LogP) is 4.02. The molecule has 0 heterocycles. The number of hydrogen-bond acceptors (Lipinski definition) is 4. The third-order valence-electron chi connectivity index (χ3n) is 6.62. The second-order valence-electron chi connectivity index (χ2n) is 10.4. The van der Waals surface area contributed by atoms with Crippen molar-refractivity contribution in [1.29, 1.82) is 0 Å². The van der Waals surface area contributed by atoms with Crippen LogP contribution in [0.25, 0.3) is 0 Å². The van der Waals surface area contributed by atoms with Crippen LogP contribution in [-0.2, 0) is 32.8 Å². The van der Waals surface area contributed by atoms with E-state index in [0.29, 0.717) is 12.2 Å². The van der Waals surface area contributed by atoms with Gasteiger partial charge in [-0.2, -0.15) is 12.7 Å². The molecule has 1 atom stereocenters. The Morgan fingerprint density at radius 3 is 2.00 bits per heavy atom. The highest BCUT2D eigenvalue weighted by molar-refractivity contribution is 7.90. The topological polar surface area (TPSA) is 90.0 Å². The van der Waals surface area contributed by atoms with Gasteiger partial charge in [0.25, 0.3) is 0 Å². The lowest BCUT2D eigenvalue weighted by Gasteiger charge is -2.34. The molecule has 0 spiro atoms. The minimum absolute atomic E-state index is 0.156. The molecule has 0 saturated carbocycles. The summed E-state index contributed by atoms with van der Waals surface area (Å²) in [6.07, 6.45) is 0.286. The maximum atomic E-state index is 14.2. The first-order chi connectivity index (χ1) is 19.0. The van der Waals surface area contributed by atoms with Gasteiger partial charge >= 0.3 is 10.2 Å². The number of aryl methyl sites for hydroxylation is 1. The molecule has 0 aromatic heterocycles. The summed E-state index contributed by atoms with van der Waals surface area (Å²) in [6.45, 7) is 6.12. The summed E-state index contributed by atoms with van der Waals surface area (Å²) in [5.41, 5.74) is 3.12. The highest BCUT2D eigenvalue weighted by Gasteiger charge is 2.34. The van der Waals surface area contributed by atoms with Crippen LogP contribution >= 0.6 is 0 Å². The lowest BCUT2D eigenvalue weighted by molar-refractivity contribution is -0.140. The maximum Gasteiger partial charge on any atom is 0.304 e. The van der Waals surface area contributed by atoms with Gasteiger partial charge in [0.15, 0.2) is 0 Å². The van der Waals surface area contributed by atoms with Gasteiger partial charge in [0.2, 0.25) is 11.8 Å². The van der Waals surface area contributed by atoms with Gasteiger partial charge in [-0.1, -0.05) is 86.6 Å². The summed E-state index contributed by atoms with van der Waals surface area (Å²) in [7, 11) is -1.15. The molecule has 214 valence electrons. The molecule has 1 unspecified atom stereocenters. The van der Waals surface area contributed by atoms with E-state index in [2.05, 4.69) is 5.32 Å². The van der Waals surface area contributed by atoms with Crippen LogP contribution in [-0.4, -0.2) is 62.7 Å². The number of carbonyl (C=O) groups is 2. The molecule has 0 aliphatic carbocycles. The van der Waals surface area contributed by atoms with Crippen LogP contribution in [0.1, 0.15) is 30.5 Å². The van der Waals surface area contributed by atoms with Gasteiger partial charge in [-0.15, -0.1) is 0 Å². The Morgan fingerprint density at radius 2 is 1.43 bits per heavy atom. The first-order valence-corrected chi connectivity index (χ1v) is 14.8. The molecule has 0 saturated heterocycles. The molecular weight excluding hydrogens is 524 g/mol. The normalized spacial score (nSPS) is 12.3. The molecular formula is C31H40N4O4S. The smallest absolute Gasteiger partial charge is 0.304 e. The SMILES string of the molecule is Cc1ccccc1CN(C(=O)CN(c1ccccc1)S(=O)(=O)N(C)C)C(Cc1ccccc1)C(=O)NCC(C)C. The summed E-state index contributed by atoms with van der Waals surface area (Å²) in [5, 5.41) is 3.00. The van der Waals surface area contributed by atoms with Crippen molar-refractivity contribution in [2.24, 2.45) is 5.92 Å². The Balaban J connectivity index is 2.08. The average Bonchev–Trinajstić information content (AvgIpc) is 2.93. The standard InChI is InChI=1S/C31H40N4O4S/c1-24(2)21-32-31(37)29(20-26-15-8-6-9-16-26)34(22-27-17-13-12-14-25(27)3)30(36)23-35(40(38,39)33(4)5)28-18-10-7-11-19-28/h6-19,24,29H,20-23H2,1-5H3,(H,32,37). The summed E-state index contributed by atoms with van der Waals surface area (Å²) in [5.74, 6) is -0.528. The first-order valence-electron chi connectivity index (χ1n) is 13.4. The number of rotatable bonds is 13. The van der Waals surface area contributed by atoms with Gasteiger partial charge in [0.1, 0.15) is 12.6 Å². The van der Waals surface area contributed by atoms with Crippen molar-refractivity contribution in [1.82, 2.24) is 14.5 Å². The van der Waals surface area contributed by atoms with Gasteiger partial charge in [-0.25, -0.2) is 4.31 Å². The molecule has 40 heavy (non-hydrogen) atoms. The summed E-state index contributed by atoms with van der Waals surface area (Å²) in [6, 6.07) is 24.9. The zero-order valence-corrected chi connectivity index (χ0v) is 24.8. The molecule has 1 N–H and O–H groups in total. The Hall–Kier alpha value is -3.69. The minimum atomic E-state index is -4.01. The molecule has 0 aliphatic heterocycles. The number of amides is 2. The Bertz CT molecular complexity index is 1360. The van der Waals surface area contributed by atoms with Crippen molar-refractivity contribution >= 4 is 27.7 Å². The van der Waals surface area contributed by atoms with Crippen LogP contribution in [0.15, 0.2) is 84.9 Å². The highest BCUT2D eigenvalue weighted by Crippen LogP contribution is 2.22. The van der Waals surface area contributed by atoms with Crippen LogP contribution in [0.4, 0.5) is 5.69 Å². The quantitative estimate of drug-likeness (QED) is 0.340. The van der Waals surface area contributed by atoms with Crippen molar-refractivity contribution in [3.05, 3.63) is 102 Å². The third-order valence-corrected chi connectivity index (χ3v) is 8.44. The number of anilines is 1. The van der Waals surface area contributed by atoms with Gasteiger partial charge in [0.05, 0.1) is 5.69 Å². The Morgan fingerprint density at radius 1 is 0.850 bits per heavy atom. The lowest BCUT2D eigenvalue weighted by atomic mass is 10.0. The number of para-hydroxylation sites is 1. The second-order valence-corrected chi connectivity index (χ2v) is 12.5. The molecule has 0 radical (unpaired) electrons. The molecule has 3 rings (SSSR count). The van der Waals surface area contributed by atoms with Crippen molar-refractivity contribution < 1.29 is 18.0 Å².